The third kappa shape index (κ3) is 2.21. The van der Waals surface area contributed by atoms with Crippen molar-refractivity contribution in [2.75, 3.05) is 7.11 Å². The molecule has 0 bridgehead atoms. The summed E-state index contributed by atoms with van der Waals surface area (Å²) in [6, 6.07) is 0.235. The highest BCUT2D eigenvalue weighted by molar-refractivity contribution is 5.92. The van der Waals surface area contributed by atoms with Gasteiger partial charge in [0.1, 0.15) is 5.78 Å². The molecule has 4 fully saturated rings. The molecular weight excluding hydrogens is 302 g/mol. The van der Waals surface area contributed by atoms with Crippen LogP contribution in [0.25, 0.3) is 0 Å². The summed E-state index contributed by atoms with van der Waals surface area (Å²) in [5.74, 6) is 1.89. The Balaban J connectivity index is 1.68. The molecule has 1 saturated heterocycles. The molecule has 134 valence electrons. The lowest BCUT2D eigenvalue weighted by atomic mass is 9.52. The highest BCUT2D eigenvalue weighted by atomic mass is 16.5. The normalized spacial score (nSPS) is 51.2. The van der Waals surface area contributed by atoms with Crippen LogP contribution in [0.5, 0.6) is 0 Å². The van der Waals surface area contributed by atoms with Crippen LogP contribution in [0.15, 0.2) is 0 Å². The zero-order valence-electron chi connectivity index (χ0n) is 15.3. The minimum atomic E-state index is -0.420. The Labute approximate surface area is 145 Å². The quantitative estimate of drug-likeness (QED) is 0.802. The number of rotatable bonds is 1. The van der Waals surface area contributed by atoms with Crippen LogP contribution in [-0.2, 0) is 14.3 Å². The first-order valence-corrected chi connectivity index (χ1v) is 9.74. The molecule has 1 amide bonds. The zero-order chi connectivity index (χ0) is 17.1. The van der Waals surface area contributed by atoms with Gasteiger partial charge in [0.15, 0.2) is 0 Å². The Morgan fingerprint density at radius 3 is 2.67 bits per heavy atom. The summed E-state index contributed by atoms with van der Waals surface area (Å²) in [5.41, 5.74) is -0.263. The van der Waals surface area contributed by atoms with Crippen molar-refractivity contribution in [2.45, 2.75) is 77.4 Å². The lowest BCUT2D eigenvalue weighted by Crippen LogP contribution is -2.59. The predicted molar refractivity (Wildman–Crippen MR) is 91.4 cm³/mol. The maximum absolute atomic E-state index is 12.7. The summed E-state index contributed by atoms with van der Waals surface area (Å²) < 4.78 is 5.63. The van der Waals surface area contributed by atoms with E-state index in [9.17, 15) is 9.59 Å². The number of methoxy groups -OCH3 is 1. The summed E-state index contributed by atoms with van der Waals surface area (Å²) in [4.78, 5) is 25.2. The van der Waals surface area contributed by atoms with Crippen LogP contribution in [0.1, 0.15) is 65.2 Å². The van der Waals surface area contributed by atoms with Crippen molar-refractivity contribution in [1.82, 2.24) is 5.32 Å². The first-order valence-electron chi connectivity index (χ1n) is 9.74. The van der Waals surface area contributed by atoms with Crippen LogP contribution in [-0.4, -0.2) is 30.9 Å². The van der Waals surface area contributed by atoms with Gasteiger partial charge in [-0.3, -0.25) is 9.59 Å². The molecule has 1 N–H and O–H groups in total. The van der Waals surface area contributed by atoms with Crippen LogP contribution in [0, 0.1) is 28.6 Å². The molecule has 3 aliphatic carbocycles. The number of Topliss-reactive ketones (excluding diaryl/α,β-unsaturated/α-hetero) is 1. The maximum Gasteiger partial charge on any atom is 0.221 e. The van der Waals surface area contributed by atoms with E-state index in [1.807, 2.05) is 7.11 Å². The van der Waals surface area contributed by atoms with Gasteiger partial charge in [0.2, 0.25) is 5.91 Å². The topological polar surface area (TPSA) is 55.4 Å². The molecule has 4 nitrogen and oxygen atoms in total. The van der Waals surface area contributed by atoms with Gasteiger partial charge in [0.05, 0.1) is 6.10 Å². The number of carbonyl (C=O) groups is 2. The molecule has 0 aromatic carbocycles. The fourth-order valence-corrected chi connectivity index (χ4v) is 6.78. The van der Waals surface area contributed by atoms with Crippen LogP contribution in [0.3, 0.4) is 0 Å². The van der Waals surface area contributed by atoms with Gasteiger partial charge in [0.25, 0.3) is 0 Å². The van der Waals surface area contributed by atoms with Crippen LogP contribution < -0.4 is 5.32 Å². The summed E-state index contributed by atoms with van der Waals surface area (Å²) in [6.45, 7) is 4.45. The third-order valence-corrected chi connectivity index (χ3v) is 8.30. The number of carbonyl (C=O) groups excluding carboxylic acids is 2. The predicted octanol–water partition coefficient (Wildman–Crippen LogP) is 3.09. The van der Waals surface area contributed by atoms with Crippen LogP contribution in [0.4, 0.5) is 0 Å². The van der Waals surface area contributed by atoms with E-state index < -0.39 is 5.41 Å². The molecule has 4 rings (SSSR count). The number of amides is 1. The van der Waals surface area contributed by atoms with Gasteiger partial charge in [-0.25, -0.2) is 0 Å². The third-order valence-electron chi connectivity index (χ3n) is 8.30. The van der Waals surface area contributed by atoms with Gasteiger partial charge in [-0.05, 0) is 61.7 Å². The van der Waals surface area contributed by atoms with Crippen LogP contribution >= 0.6 is 0 Å². The molecule has 4 heteroatoms. The van der Waals surface area contributed by atoms with Crippen LogP contribution in [0.2, 0.25) is 0 Å². The summed E-state index contributed by atoms with van der Waals surface area (Å²) in [5, 5.41) is 3.40. The summed E-state index contributed by atoms with van der Waals surface area (Å²) in [6.07, 6.45) is 8.11. The second kappa shape index (κ2) is 5.55. The highest BCUT2D eigenvalue weighted by Gasteiger charge is 2.60. The van der Waals surface area contributed by atoms with Gasteiger partial charge in [-0.2, -0.15) is 0 Å². The van der Waals surface area contributed by atoms with Gasteiger partial charge < -0.3 is 10.1 Å². The number of nitrogens with one attached hydrogen (secondary N) is 1. The molecule has 1 heterocycles. The molecule has 0 spiro atoms. The van der Waals surface area contributed by atoms with Crippen molar-refractivity contribution in [3.63, 3.8) is 0 Å². The first kappa shape index (κ1) is 16.6. The standard InChI is InChI=1S/C20H31NO3/c1-19-9-8-13(24-3)10-12(19)4-5-14-15-6-7-16(22)20(15,2)11-17(23)21-18(14)19/h12-15,18H,4-11H2,1-3H3,(H,21,23)/t12-,13?,14?,15-,18-,19?,20-/m0/s1. The minimum Gasteiger partial charge on any atom is -0.381 e. The fraction of sp³-hybridized carbons (Fsp3) is 0.900. The number of fused-ring (bicyclic) bond motifs is 5. The Bertz CT molecular complexity index is 561. The average molecular weight is 333 g/mol. The maximum atomic E-state index is 12.7. The van der Waals surface area contributed by atoms with Gasteiger partial charge in [-0.1, -0.05) is 13.8 Å². The van der Waals surface area contributed by atoms with E-state index >= 15 is 0 Å². The first-order chi connectivity index (χ1) is 11.4. The fourth-order valence-electron chi connectivity index (χ4n) is 6.78. The lowest BCUT2D eigenvalue weighted by molar-refractivity contribution is -0.132. The van der Waals surface area contributed by atoms with Crippen molar-refractivity contribution in [2.24, 2.45) is 28.6 Å². The van der Waals surface area contributed by atoms with Crippen molar-refractivity contribution in [3.8, 4) is 0 Å². The van der Waals surface area contributed by atoms with Crippen molar-refractivity contribution >= 4 is 11.7 Å². The number of ketones is 1. The molecule has 24 heavy (non-hydrogen) atoms. The number of hydrogen-bond donors (Lipinski definition) is 1. The summed E-state index contributed by atoms with van der Waals surface area (Å²) in [7, 11) is 1.82. The van der Waals surface area contributed by atoms with E-state index in [0.29, 0.717) is 42.5 Å². The van der Waals surface area contributed by atoms with E-state index in [-0.39, 0.29) is 17.4 Å². The van der Waals surface area contributed by atoms with E-state index in [1.54, 1.807) is 0 Å². The molecule has 1 aliphatic heterocycles. The van der Waals surface area contributed by atoms with E-state index in [4.69, 9.17) is 4.74 Å². The minimum absolute atomic E-state index is 0.0981. The van der Waals surface area contributed by atoms with Crippen molar-refractivity contribution < 1.29 is 14.3 Å². The molecule has 4 aliphatic rings. The lowest BCUT2D eigenvalue weighted by Gasteiger charge is -2.56. The second-order valence-corrected chi connectivity index (χ2v) is 9.28. The molecule has 0 aromatic heterocycles. The number of ether oxygens (including phenoxy) is 1. The van der Waals surface area contributed by atoms with Crippen molar-refractivity contribution in [1.29, 1.82) is 0 Å². The largest absolute Gasteiger partial charge is 0.381 e. The Morgan fingerprint density at radius 2 is 1.92 bits per heavy atom. The second-order valence-electron chi connectivity index (χ2n) is 9.28. The molecule has 3 saturated carbocycles. The van der Waals surface area contributed by atoms with E-state index in [1.165, 1.54) is 6.42 Å². The molecule has 0 aromatic rings. The Hall–Kier alpha value is -0.900. The van der Waals surface area contributed by atoms with E-state index in [2.05, 4.69) is 19.2 Å². The van der Waals surface area contributed by atoms with Gasteiger partial charge >= 0.3 is 0 Å². The van der Waals surface area contributed by atoms with Gasteiger partial charge in [0, 0.05) is 31.4 Å². The molecule has 0 radical (unpaired) electrons. The summed E-state index contributed by atoms with van der Waals surface area (Å²) >= 11 is 0. The number of hydrogen-bond acceptors (Lipinski definition) is 3. The highest BCUT2D eigenvalue weighted by Crippen LogP contribution is 2.59. The van der Waals surface area contributed by atoms with Gasteiger partial charge in [-0.15, -0.1) is 0 Å². The Kier molecular flexibility index (Phi) is 3.83. The van der Waals surface area contributed by atoms with Crippen molar-refractivity contribution in [3.05, 3.63) is 0 Å². The monoisotopic (exact) mass is 333 g/mol. The SMILES string of the molecule is COC1CCC2(C)[C@@H](CCC3[C@@H]2NC(=O)C[C@]2(C)C(=O)CC[C@@H]32)C1. The molecular formula is C20H31NO3. The smallest absolute Gasteiger partial charge is 0.221 e. The average Bonchev–Trinajstić information content (AvgIpc) is 2.76. The van der Waals surface area contributed by atoms with E-state index in [0.717, 1.165) is 32.1 Å². The Morgan fingerprint density at radius 1 is 1.12 bits per heavy atom. The zero-order valence-corrected chi connectivity index (χ0v) is 15.3. The molecule has 7 atom stereocenters. The molecule has 3 unspecified atom stereocenters.